The quantitative estimate of drug-likeness (QED) is 0.139. The Bertz CT molecular complexity index is 1520. The topological polar surface area (TPSA) is 161 Å². The van der Waals surface area contributed by atoms with Crippen LogP contribution in [0.3, 0.4) is 0 Å². The molecule has 0 spiro atoms. The summed E-state index contributed by atoms with van der Waals surface area (Å²) >= 11 is 2.85. The van der Waals surface area contributed by atoms with Gasteiger partial charge in [0, 0.05) is 22.8 Å². The van der Waals surface area contributed by atoms with E-state index in [9.17, 15) is 20.2 Å². The zero-order valence-corrected chi connectivity index (χ0v) is 21.7. The van der Waals surface area contributed by atoms with Crippen molar-refractivity contribution >= 4 is 58.3 Å². The summed E-state index contributed by atoms with van der Waals surface area (Å²) in [6, 6.07) is 13.3. The Morgan fingerprint density at radius 1 is 0.897 bits per heavy atom. The van der Waals surface area contributed by atoms with E-state index in [0.29, 0.717) is 23.2 Å². The van der Waals surface area contributed by atoms with Crippen LogP contribution in [0.5, 0.6) is 0 Å². The number of aliphatic imine (C=N–C) groups is 1. The Kier molecular flexibility index (Phi) is 7.75. The summed E-state index contributed by atoms with van der Waals surface area (Å²) in [6.45, 7) is 1.53. The van der Waals surface area contributed by atoms with Crippen LogP contribution in [0.2, 0.25) is 0 Å². The fourth-order valence-electron chi connectivity index (χ4n) is 3.46. The molecular weight excluding hydrogens is 544 g/mol. The second kappa shape index (κ2) is 11.7. The highest BCUT2D eigenvalue weighted by atomic mass is 32.1. The van der Waals surface area contributed by atoms with E-state index in [1.54, 1.807) is 12.1 Å². The Morgan fingerprint density at radius 2 is 1.46 bits per heavy atom. The Morgan fingerprint density at radius 3 is 1.92 bits per heavy atom. The number of furan rings is 2. The molecule has 39 heavy (non-hydrogen) atoms. The minimum absolute atomic E-state index is 0.303. The average molecular weight is 565 g/mol. The first kappa shape index (κ1) is 25.8. The van der Waals surface area contributed by atoms with Crippen molar-refractivity contribution in [2.45, 2.75) is 6.42 Å². The van der Waals surface area contributed by atoms with Crippen LogP contribution in [0, 0.1) is 20.2 Å². The molecule has 0 aromatic carbocycles. The van der Waals surface area contributed by atoms with Crippen molar-refractivity contribution in [2.75, 3.05) is 13.1 Å². The highest BCUT2D eigenvalue weighted by Gasteiger charge is 2.15. The van der Waals surface area contributed by atoms with Gasteiger partial charge in [-0.1, -0.05) is 0 Å². The van der Waals surface area contributed by atoms with Crippen molar-refractivity contribution in [2.24, 2.45) is 10.1 Å². The SMILES string of the molecule is O=[N+]([O-])c1ccc(-c2ccc(/C=C/C(/C=C/c3ccc(-c4ccc([N+](=O)[O-])o4)s3)=NNC3=NCCCN3)s2)o1. The van der Waals surface area contributed by atoms with E-state index >= 15 is 0 Å². The maximum absolute atomic E-state index is 10.9. The molecule has 0 aliphatic carbocycles. The van der Waals surface area contributed by atoms with Crippen molar-refractivity contribution in [1.29, 1.82) is 0 Å². The van der Waals surface area contributed by atoms with Crippen LogP contribution in [-0.4, -0.2) is 34.6 Å². The monoisotopic (exact) mass is 564 g/mol. The van der Waals surface area contributed by atoms with Gasteiger partial charge in [0.1, 0.15) is 9.85 Å². The Hall–Kier alpha value is -4.82. The standard InChI is InChI=1S/C25H20N6O6S2/c32-30(33)23-12-8-19(36-23)21-10-6-17(38-21)4-2-16(28-29-25-26-14-1-15-27-25)3-5-18-7-11-22(39-18)20-9-13-24(37-20)31(34)35/h2-13H,1,14-15H2,(H2,26,27,29)/b4-2+,5-3+. The van der Waals surface area contributed by atoms with Gasteiger partial charge in [0.05, 0.1) is 27.6 Å². The molecule has 0 radical (unpaired) electrons. The van der Waals surface area contributed by atoms with Gasteiger partial charge in [-0.2, -0.15) is 5.10 Å². The molecule has 0 unspecified atom stereocenters. The van der Waals surface area contributed by atoms with E-state index in [4.69, 9.17) is 8.83 Å². The highest BCUT2D eigenvalue weighted by molar-refractivity contribution is 7.16. The van der Waals surface area contributed by atoms with E-state index in [-0.39, 0.29) is 11.8 Å². The third-order valence-corrected chi connectivity index (χ3v) is 7.44. The molecule has 12 nitrogen and oxygen atoms in total. The van der Waals surface area contributed by atoms with Crippen molar-refractivity contribution in [1.82, 2.24) is 10.7 Å². The number of guanidine groups is 1. The maximum atomic E-state index is 10.9. The summed E-state index contributed by atoms with van der Waals surface area (Å²) in [7, 11) is 0. The van der Waals surface area contributed by atoms with Gasteiger partial charge in [0.25, 0.3) is 0 Å². The zero-order valence-electron chi connectivity index (χ0n) is 20.1. The minimum Gasteiger partial charge on any atom is -0.400 e. The van der Waals surface area contributed by atoms with Crippen molar-refractivity contribution in [3.63, 3.8) is 0 Å². The number of nitrogens with zero attached hydrogens (tertiary/aromatic N) is 4. The van der Waals surface area contributed by atoms with E-state index < -0.39 is 9.85 Å². The molecule has 1 aliphatic heterocycles. The second-order valence-corrected chi connectivity index (χ2v) is 10.3. The molecule has 2 N–H and O–H groups in total. The molecule has 0 bridgehead atoms. The summed E-state index contributed by atoms with van der Waals surface area (Å²) in [5, 5.41) is 29.4. The lowest BCUT2D eigenvalue weighted by Crippen LogP contribution is -2.38. The van der Waals surface area contributed by atoms with E-state index in [2.05, 4.69) is 20.8 Å². The number of rotatable bonds is 9. The molecule has 4 aromatic heterocycles. The summed E-state index contributed by atoms with van der Waals surface area (Å²) in [4.78, 5) is 28.4. The molecule has 5 heterocycles. The van der Waals surface area contributed by atoms with Crippen LogP contribution in [0.4, 0.5) is 11.8 Å². The predicted molar refractivity (Wildman–Crippen MR) is 151 cm³/mol. The van der Waals surface area contributed by atoms with Gasteiger partial charge in [-0.25, -0.2) is 5.43 Å². The van der Waals surface area contributed by atoms with Gasteiger partial charge in [0.2, 0.25) is 5.96 Å². The Labute approximate surface area is 229 Å². The predicted octanol–water partition coefficient (Wildman–Crippen LogP) is 6.17. The molecule has 0 saturated carbocycles. The van der Waals surface area contributed by atoms with E-state index in [1.807, 2.05) is 48.6 Å². The smallest absolute Gasteiger partial charge is 0.400 e. The lowest BCUT2D eigenvalue weighted by Gasteiger charge is -2.13. The number of nitro groups is 2. The van der Waals surface area contributed by atoms with Gasteiger partial charge in [0.15, 0.2) is 11.5 Å². The van der Waals surface area contributed by atoms with E-state index in [0.717, 1.165) is 39.0 Å². The average Bonchev–Trinajstić information content (AvgIpc) is 3.74. The molecule has 5 rings (SSSR count). The molecule has 0 atom stereocenters. The van der Waals surface area contributed by atoms with Gasteiger partial charge < -0.3 is 14.2 Å². The summed E-state index contributed by atoms with van der Waals surface area (Å²) in [5.74, 6) is 0.845. The van der Waals surface area contributed by atoms with Crippen LogP contribution in [0.25, 0.3) is 33.4 Å². The lowest BCUT2D eigenvalue weighted by atomic mass is 10.2. The molecule has 4 aromatic rings. The largest absolute Gasteiger partial charge is 0.433 e. The van der Waals surface area contributed by atoms with Crippen LogP contribution in [0.15, 0.2) is 79.6 Å². The highest BCUT2D eigenvalue weighted by Crippen LogP contribution is 2.33. The molecule has 14 heteroatoms. The van der Waals surface area contributed by atoms with Gasteiger partial charge in [-0.05, 0) is 67.1 Å². The summed E-state index contributed by atoms with van der Waals surface area (Å²) in [5.41, 5.74) is 3.57. The number of hydrogen-bond donors (Lipinski definition) is 2. The number of hydrazone groups is 1. The minimum atomic E-state index is -0.569. The van der Waals surface area contributed by atoms with Crippen LogP contribution in [0.1, 0.15) is 16.2 Å². The van der Waals surface area contributed by atoms with Crippen LogP contribution in [-0.2, 0) is 0 Å². The Balaban J connectivity index is 1.34. The fraction of sp³-hybridized carbons (Fsp3) is 0.120. The second-order valence-electron chi connectivity index (χ2n) is 8.02. The number of nitrogens with one attached hydrogen (secondary N) is 2. The third-order valence-electron chi connectivity index (χ3n) is 5.31. The lowest BCUT2D eigenvalue weighted by molar-refractivity contribution is -0.402. The normalized spacial score (nSPS) is 13.4. The maximum Gasteiger partial charge on any atom is 0.433 e. The summed E-state index contributed by atoms with van der Waals surface area (Å²) in [6.07, 6.45) is 8.39. The van der Waals surface area contributed by atoms with Crippen molar-refractivity contribution in [3.05, 3.63) is 90.7 Å². The van der Waals surface area contributed by atoms with Crippen molar-refractivity contribution in [3.8, 4) is 21.3 Å². The third kappa shape index (κ3) is 6.55. The number of thiophene rings is 2. The van der Waals surface area contributed by atoms with Crippen LogP contribution >= 0.6 is 22.7 Å². The molecule has 198 valence electrons. The zero-order chi connectivity index (χ0) is 27.2. The van der Waals surface area contributed by atoms with Crippen molar-refractivity contribution < 1.29 is 18.7 Å². The first-order valence-electron chi connectivity index (χ1n) is 11.6. The fourth-order valence-corrected chi connectivity index (χ4v) is 5.20. The van der Waals surface area contributed by atoms with Crippen LogP contribution < -0.4 is 10.7 Å². The van der Waals surface area contributed by atoms with E-state index in [1.165, 1.54) is 34.8 Å². The molecule has 0 fully saturated rings. The molecule has 0 saturated heterocycles. The number of allylic oxidation sites excluding steroid dienone is 2. The first-order chi connectivity index (χ1) is 18.9. The summed E-state index contributed by atoms with van der Waals surface area (Å²) < 4.78 is 10.6. The van der Waals surface area contributed by atoms with Gasteiger partial charge >= 0.3 is 11.8 Å². The van der Waals surface area contributed by atoms with Gasteiger partial charge in [-0.15, -0.1) is 22.7 Å². The molecular formula is C25H20N6O6S2. The van der Waals surface area contributed by atoms with Gasteiger partial charge in [-0.3, -0.25) is 25.2 Å². The number of hydrogen-bond acceptors (Lipinski definition) is 12. The molecule has 1 aliphatic rings. The molecule has 0 amide bonds. The first-order valence-corrected chi connectivity index (χ1v) is 13.2.